The van der Waals surface area contributed by atoms with E-state index in [1.165, 1.54) is 0 Å². The van der Waals surface area contributed by atoms with Gasteiger partial charge < -0.3 is 15.0 Å². The fourth-order valence-corrected chi connectivity index (χ4v) is 5.01. The van der Waals surface area contributed by atoms with E-state index in [4.69, 9.17) is 4.98 Å². The lowest BCUT2D eigenvalue weighted by Crippen LogP contribution is -2.12. The number of hydrogen-bond acceptors (Lipinski definition) is 7. The quantitative estimate of drug-likeness (QED) is 0.280. The van der Waals surface area contributed by atoms with Crippen molar-refractivity contribution in [3.63, 3.8) is 0 Å². The molecule has 0 aliphatic heterocycles. The van der Waals surface area contributed by atoms with Crippen molar-refractivity contribution >= 4 is 16.6 Å². The van der Waals surface area contributed by atoms with Crippen LogP contribution in [0, 0.1) is 0 Å². The molecule has 0 unspecified atom stereocenters. The standard InChI is InChI=1S/C32H26N8O/c1-39-19-28(35-20-39)32-38-37-31-26-15-25(23-5-3-2-4-6-23)30(36-27(26)13-14-40(31)32)24-10-7-21(8-11-24)16-33-17-22-9-12-29(41)34-18-22/h2-15,18-20,33H,16-17H2,1H3,(H,34,41). The van der Waals surface area contributed by atoms with Gasteiger partial charge in [0.2, 0.25) is 5.88 Å². The van der Waals surface area contributed by atoms with Gasteiger partial charge in [-0.2, -0.15) is 0 Å². The number of pyridine rings is 3. The molecule has 0 fully saturated rings. The average molecular weight is 539 g/mol. The Morgan fingerprint density at radius 2 is 1.63 bits per heavy atom. The third kappa shape index (κ3) is 4.79. The van der Waals surface area contributed by atoms with Crippen LogP contribution in [0.2, 0.25) is 0 Å². The van der Waals surface area contributed by atoms with Gasteiger partial charge in [-0.05, 0) is 28.8 Å². The first-order chi connectivity index (χ1) is 20.1. The highest BCUT2D eigenvalue weighted by atomic mass is 16.3. The first-order valence-electron chi connectivity index (χ1n) is 13.3. The third-order valence-corrected chi connectivity index (χ3v) is 7.08. The second-order valence-electron chi connectivity index (χ2n) is 9.97. The lowest BCUT2D eigenvalue weighted by molar-refractivity contribution is 0.453. The minimum Gasteiger partial charge on any atom is -0.493 e. The number of nitrogens with one attached hydrogen (secondary N) is 1. The molecule has 9 heteroatoms. The molecule has 5 aromatic heterocycles. The van der Waals surface area contributed by atoms with Gasteiger partial charge in [0, 0.05) is 61.3 Å². The van der Waals surface area contributed by atoms with E-state index in [0.29, 0.717) is 18.9 Å². The van der Waals surface area contributed by atoms with E-state index >= 15 is 0 Å². The summed E-state index contributed by atoms with van der Waals surface area (Å²) >= 11 is 0. The third-order valence-electron chi connectivity index (χ3n) is 7.08. The van der Waals surface area contributed by atoms with E-state index in [2.05, 4.69) is 67.9 Å². The first-order valence-corrected chi connectivity index (χ1v) is 13.3. The summed E-state index contributed by atoms with van der Waals surface area (Å²) < 4.78 is 3.87. The molecule has 0 bridgehead atoms. The molecule has 5 heterocycles. The Morgan fingerprint density at radius 1 is 0.829 bits per heavy atom. The van der Waals surface area contributed by atoms with Gasteiger partial charge in [0.1, 0.15) is 5.69 Å². The minimum absolute atomic E-state index is 0.0293. The van der Waals surface area contributed by atoms with Crippen LogP contribution in [0.1, 0.15) is 11.1 Å². The molecule has 0 saturated heterocycles. The maximum absolute atomic E-state index is 9.38. The number of rotatable bonds is 7. The lowest BCUT2D eigenvalue weighted by atomic mass is 9.97. The summed E-state index contributed by atoms with van der Waals surface area (Å²) in [6.45, 7) is 1.37. The molecule has 0 saturated carbocycles. The van der Waals surface area contributed by atoms with Gasteiger partial charge in [-0.3, -0.25) is 4.40 Å². The van der Waals surface area contributed by atoms with Crippen molar-refractivity contribution in [3.05, 3.63) is 115 Å². The first kappa shape index (κ1) is 24.6. The highest BCUT2D eigenvalue weighted by molar-refractivity contribution is 5.98. The molecular weight excluding hydrogens is 512 g/mol. The van der Waals surface area contributed by atoms with Gasteiger partial charge in [0.15, 0.2) is 11.5 Å². The molecule has 0 amide bonds. The van der Waals surface area contributed by atoms with Crippen LogP contribution in [-0.2, 0) is 20.1 Å². The summed E-state index contributed by atoms with van der Waals surface area (Å²) in [4.78, 5) is 13.5. The highest BCUT2D eigenvalue weighted by Crippen LogP contribution is 2.35. The summed E-state index contributed by atoms with van der Waals surface area (Å²) in [5, 5.41) is 22.7. The molecule has 0 aliphatic carbocycles. The maximum atomic E-state index is 9.38. The average Bonchev–Trinajstić information content (AvgIpc) is 3.64. The van der Waals surface area contributed by atoms with Crippen molar-refractivity contribution in [2.75, 3.05) is 0 Å². The van der Waals surface area contributed by atoms with Crippen LogP contribution >= 0.6 is 0 Å². The molecule has 2 N–H and O–H groups in total. The zero-order chi connectivity index (χ0) is 27.8. The van der Waals surface area contributed by atoms with Crippen molar-refractivity contribution in [1.29, 1.82) is 0 Å². The second-order valence-corrected chi connectivity index (χ2v) is 9.97. The van der Waals surface area contributed by atoms with Crippen molar-refractivity contribution < 1.29 is 5.11 Å². The van der Waals surface area contributed by atoms with Crippen LogP contribution < -0.4 is 5.32 Å². The van der Waals surface area contributed by atoms with Crippen molar-refractivity contribution in [2.45, 2.75) is 13.1 Å². The smallest absolute Gasteiger partial charge is 0.210 e. The van der Waals surface area contributed by atoms with E-state index < -0.39 is 0 Å². The van der Waals surface area contributed by atoms with Gasteiger partial charge in [0.25, 0.3) is 0 Å². The van der Waals surface area contributed by atoms with E-state index in [1.54, 1.807) is 18.6 Å². The Kier molecular flexibility index (Phi) is 6.18. The van der Waals surface area contributed by atoms with E-state index in [-0.39, 0.29) is 5.88 Å². The Hall–Kier alpha value is -5.41. The zero-order valence-corrected chi connectivity index (χ0v) is 22.3. The molecular formula is C32H26N8O. The summed E-state index contributed by atoms with van der Waals surface area (Å²) in [7, 11) is 1.94. The Morgan fingerprint density at radius 3 is 2.39 bits per heavy atom. The van der Waals surface area contributed by atoms with Crippen LogP contribution in [0.3, 0.4) is 0 Å². The summed E-state index contributed by atoms with van der Waals surface area (Å²) in [5.74, 6) is 0.723. The fourth-order valence-electron chi connectivity index (χ4n) is 5.01. The number of aryl methyl sites for hydroxylation is 1. The van der Waals surface area contributed by atoms with Gasteiger partial charge in [-0.1, -0.05) is 60.7 Å². The number of hydrogen-bond donors (Lipinski definition) is 2. The van der Waals surface area contributed by atoms with Crippen LogP contribution in [0.4, 0.5) is 0 Å². The SMILES string of the molecule is Cn1cnc(-c2nnc3c4cc(-c5ccccc5)c(-c5ccc(CNCc6ccc(O)nc6)cc5)nc4ccn23)c1. The van der Waals surface area contributed by atoms with Gasteiger partial charge in [0.05, 0.1) is 17.5 Å². The van der Waals surface area contributed by atoms with Gasteiger partial charge in [-0.25, -0.2) is 15.0 Å². The molecule has 0 spiro atoms. The molecule has 7 rings (SSSR count). The Bertz CT molecular complexity index is 1980. The Balaban J connectivity index is 1.25. The van der Waals surface area contributed by atoms with E-state index in [1.807, 2.05) is 58.7 Å². The van der Waals surface area contributed by atoms with E-state index in [9.17, 15) is 5.11 Å². The topological polar surface area (TPSA) is 106 Å². The van der Waals surface area contributed by atoms with Crippen molar-refractivity contribution in [3.8, 4) is 39.8 Å². The summed E-state index contributed by atoms with van der Waals surface area (Å²) in [6.07, 6.45) is 7.32. The van der Waals surface area contributed by atoms with E-state index in [0.717, 1.165) is 55.8 Å². The summed E-state index contributed by atoms with van der Waals surface area (Å²) in [5.41, 5.74) is 8.58. The van der Waals surface area contributed by atoms with Crippen molar-refractivity contribution in [2.24, 2.45) is 7.05 Å². The molecule has 0 aliphatic rings. The lowest BCUT2D eigenvalue weighted by Gasteiger charge is -2.13. The molecule has 41 heavy (non-hydrogen) atoms. The predicted molar refractivity (Wildman–Crippen MR) is 158 cm³/mol. The number of nitrogens with zero attached hydrogens (tertiary/aromatic N) is 7. The van der Waals surface area contributed by atoms with Crippen LogP contribution in [0.25, 0.3) is 50.5 Å². The normalized spacial score (nSPS) is 11.4. The highest BCUT2D eigenvalue weighted by Gasteiger charge is 2.17. The van der Waals surface area contributed by atoms with Crippen LogP contribution in [0.5, 0.6) is 5.88 Å². The molecule has 7 aromatic rings. The molecule has 200 valence electrons. The van der Waals surface area contributed by atoms with Crippen molar-refractivity contribution in [1.82, 2.24) is 39.4 Å². The second kappa shape index (κ2) is 10.3. The fraction of sp³-hybridized carbons (Fsp3) is 0.0938. The zero-order valence-electron chi connectivity index (χ0n) is 22.3. The number of benzene rings is 2. The summed E-state index contributed by atoms with van der Waals surface area (Å²) in [6, 6.07) is 26.4. The predicted octanol–water partition coefficient (Wildman–Crippen LogP) is 5.40. The van der Waals surface area contributed by atoms with Crippen LogP contribution in [-0.4, -0.2) is 39.2 Å². The Labute approximate surface area is 235 Å². The minimum atomic E-state index is 0.0293. The molecule has 0 atom stereocenters. The number of imidazole rings is 1. The van der Waals surface area contributed by atoms with Crippen LogP contribution in [0.15, 0.2) is 104 Å². The maximum Gasteiger partial charge on any atom is 0.210 e. The molecule has 2 aromatic carbocycles. The monoisotopic (exact) mass is 538 g/mol. The largest absolute Gasteiger partial charge is 0.493 e. The number of aromatic hydroxyl groups is 1. The molecule has 0 radical (unpaired) electrons. The number of aromatic nitrogens is 7. The van der Waals surface area contributed by atoms with Gasteiger partial charge in [-0.15, -0.1) is 10.2 Å². The number of fused-ring (bicyclic) bond motifs is 3. The van der Waals surface area contributed by atoms with Gasteiger partial charge >= 0.3 is 0 Å². The molecule has 9 nitrogen and oxygen atoms in total.